The first kappa shape index (κ1) is 13.5. The van der Waals surface area contributed by atoms with E-state index in [0.717, 1.165) is 0 Å². The lowest BCUT2D eigenvalue weighted by atomic mass is 10.6. The monoisotopic (exact) mass is 292 g/mol. The molecule has 0 atom stereocenters. The van der Waals surface area contributed by atoms with E-state index in [9.17, 15) is 34.4 Å². The maximum atomic E-state index is 12.4. The Morgan fingerprint density at radius 3 is 1.19 bits per heavy atom. The number of hydrogen-bond acceptors (Lipinski definition) is 8. The second kappa shape index (κ2) is 3.47. The van der Waals surface area contributed by atoms with Gasteiger partial charge in [0, 0.05) is 0 Å². The zero-order valence-electron chi connectivity index (χ0n) is 6.59. The van der Waals surface area contributed by atoms with E-state index in [2.05, 4.69) is 17.0 Å². The molecule has 0 aromatic heterocycles. The Morgan fingerprint density at radius 2 is 0.938 bits per heavy atom. The SMILES string of the molecule is O=S1(=O)OOS(=O)(=O)OC(F)(F)C(F)(F)O1. The van der Waals surface area contributed by atoms with Crippen LogP contribution in [0.25, 0.3) is 0 Å². The van der Waals surface area contributed by atoms with E-state index in [4.69, 9.17) is 0 Å². The molecule has 0 unspecified atom stereocenters. The first-order valence-electron chi connectivity index (χ1n) is 2.91. The first-order valence-corrected chi connectivity index (χ1v) is 5.58. The first-order chi connectivity index (χ1) is 6.87. The quantitative estimate of drug-likeness (QED) is 0.441. The molecule has 96 valence electrons. The van der Waals surface area contributed by atoms with Gasteiger partial charge in [-0.15, -0.1) is 0 Å². The Morgan fingerprint density at radius 1 is 0.688 bits per heavy atom. The van der Waals surface area contributed by atoms with Crippen molar-refractivity contribution in [1.82, 2.24) is 0 Å². The zero-order valence-corrected chi connectivity index (χ0v) is 8.23. The summed E-state index contributed by atoms with van der Waals surface area (Å²) in [6.45, 7) is 0. The van der Waals surface area contributed by atoms with Crippen molar-refractivity contribution >= 4 is 20.8 Å². The van der Waals surface area contributed by atoms with Crippen LogP contribution in [0.1, 0.15) is 0 Å². The summed E-state index contributed by atoms with van der Waals surface area (Å²) in [5.41, 5.74) is 0. The third kappa shape index (κ3) is 2.77. The molecular weight excluding hydrogens is 292 g/mol. The summed E-state index contributed by atoms with van der Waals surface area (Å²) in [5, 5.41) is 0. The van der Waals surface area contributed by atoms with E-state index in [1.54, 1.807) is 0 Å². The van der Waals surface area contributed by atoms with Crippen molar-refractivity contribution in [1.29, 1.82) is 0 Å². The molecule has 0 aromatic rings. The molecule has 1 saturated heterocycles. The zero-order chi connectivity index (χ0) is 12.8. The Hall–Kier alpha value is -0.540. The number of rotatable bonds is 0. The van der Waals surface area contributed by atoms with Gasteiger partial charge in [0.05, 0.1) is 0 Å². The van der Waals surface area contributed by atoms with Gasteiger partial charge in [-0.05, 0) is 0 Å². The molecule has 0 N–H and O–H groups in total. The van der Waals surface area contributed by atoms with Gasteiger partial charge in [-0.3, -0.25) is 0 Å². The molecule has 1 aliphatic rings. The molecule has 8 nitrogen and oxygen atoms in total. The lowest BCUT2D eigenvalue weighted by Gasteiger charge is -2.24. The van der Waals surface area contributed by atoms with Crippen LogP contribution in [0.2, 0.25) is 0 Å². The molecule has 14 heteroatoms. The van der Waals surface area contributed by atoms with Crippen LogP contribution >= 0.6 is 0 Å². The second-order valence-corrected chi connectivity index (χ2v) is 4.39. The van der Waals surface area contributed by atoms with Crippen LogP contribution < -0.4 is 0 Å². The van der Waals surface area contributed by atoms with Crippen LogP contribution in [0, 0.1) is 0 Å². The highest BCUT2D eigenvalue weighted by Crippen LogP contribution is 2.40. The predicted octanol–water partition coefficient (Wildman–Crippen LogP) is -0.343. The highest BCUT2D eigenvalue weighted by molar-refractivity contribution is 7.84. The summed E-state index contributed by atoms with van der Waals surface area (Å²) in [6, 6.07) is 0. The third-order valence-electron chi connectivity index (χ3n) is 0.947. The molecule has 0 radical (unpaired) electrons. The number of halogens is 4. The van der Waals surface area contributed by atoms with Gasteiger partial charge >= 0.3 is 33.0 Å². The third-order valence-corrected chi connectivity index (χ3v) is 2.33. The Bertz CT molecular complexity index is 430. The fourth-order valence-electron chi connectivity index (χ4n) is 0.449. The molecule has 0 amide bonds. The van der Waals surface area contributed by atoms with Gasteiger partial charge in [0.25, 0.3) is 0 Å². The maximum absolute atomic E-state index is 12.4. The average Bonchev–Trinajstić information content (AvgIpc) is 1.96. The fourth-order valence-corrected chi connectivity index (χ4v) is 1.76. The minimum Gasteiger partial charge on any atom is -0.169 e. The van der Waals surface area contributed by atoms with Crippen molar-refractivity contribution < 1.29 is 51.4 Å². The van der Waals surface area contributed by atoms with E-state index in [-0.39, 0.29) is 0 Å². The van der Waals surface area contributed by atoms with E-state index in [1.807, 2.05) is 0 Å². The van der Waals surface area contributed by atoms with Crippen molar-refractivity contribution in [2.75, 3.05) is 0 Å². The Kier molecular flexibility index (Phi) is 2.94. The minimum atomic E-state index is -5.80. The minimum absolute atomic E-state index is 2.53. The largest absolute Gasteiger partial charge is 0.465 e. The molecule has 1 heterocycles. The molecule has 1 rings (SSSR count). The van der Waals surface area contributed by atoms with Crippen LogP contribution in [0.15, 0.2) is 0 Å². The molecule has 0 bridgehead atoms. The lowest BCUT2D eigenvalue weighted by Crippen LogP contribution is -2.49. The summed E-state index contributed by atoms with van der Waals surface area (Å²) in [6.07, 6.45) is -11.6. The summed E-state index contributed by atoms with van der Waals surface area (Å²) < 4.78 is 102. The number of hydrogen-bond donors (Lipinski definition) is 0. The lowest BCUT2D eigenvalue weighted by molar-refractivity contribution is -0.390. The van der Waals surface area contributed by atoms with Gasteiger partial charge in [-0.25, -0.2) is 0 Å². The van der Waals surface area contributed by atoms with E-state index >= 15 is 0 Å². The maximum Gasteiger partial charge on any atom is 0.465 e. The van der Waals surface area contributed by atoms with Gasteiger partial charge in [0.1, 0.15) is 0 Å². The van der Waals surface area contributed by atoms with Gasteiger partial charge < -0.3 is 0 Å². The summed E-state index contributed by atoms with van der Waals surface area (Å²) in [4.78, 5) is 0. The molecular formula is C2F4O8S2. The highest BCUT2D eigenvalue weighted by Gasteiger charge is 2.67. The normalized spacial score (nSPS) is 31.2. The molecule has 1 fully saturated rings. The van der Waals surface area contributed by atoms with E-state index in [0.29, 0.717) is 0 Å². The summed E-state index contributed by atoms with van der Waals surface area (Å²) in [7, 11) is -11.6. The second-order valence-electron chi connectivity index (χ2n) is 2.15. The van der Waals surface area contributed by atoms with Crippen LogP contribution in [0.4, 0.5) is 17.6 Å². The van der Waals surface area contributed by atoms with E-state index in [1.165, 1.54) is 0 Å². The number of alkyl halides is 4. The summed E-state index contributed by atoms with van der Waals surface area (Å²) >= 11 is 0. The smallest absolute Gasteiger partial charge is 0.169 e. The fraction of sp³-hybridized carbons (Fsp3) is 1.00. The van der Waals surface area contributed by atoms with E-state index < -0.39 is 33.0 Å². The molecule has 0 saturated carbocycles. The van der Waals surface area contributed by atoms with Crippen molar-refractivity contribution in [2.24, 2.45) is 0 Å². The topological polar surface area (TPSA) is 105 Å². The standard InChI is InChI=1S/C2F4O8S2/c3-1(4)2(5,6)12-16(9,10)14-13-15(7,8)11-1. The molecule has 0 aliphatic carbocycles. The van der Waals surface area contributed by atoms with Gasteiger partial charge in [0.2, 0.25) is 0 Å². The summed E-state index contributed by atoms with van der Waals surface area (Å²) in [5.74, 6) is 0. The molecule has 16 heavy (non-hydrogen) atoms. The molecule has 0 spiro atoms. The van der Waals surface area contributed by atoms with Crippen molar-refractivity contribution in [3.8, 4) is 0 Å². The molecule has 1 aliphatic heterocycles. The van der Waals surface area contributed by atoms with Crippen molar-refractivity contribution in [3.63, 3.8) is 0 Å². The van der Waals surface area contributed by atoms with Crippen LogP contribution in [-0.4, -0.2) is 29.1 Å². The van der Waals surface area contributed by atoms with Crippen LogP contribution in [0.3, 0.4) is 0 Å². The van der Waals surface area contributed by atoms with Gasteiger partial charge in [-0.1, -0.05) is 8.67 Å². The van der Waals surface area contributed by atoms with Crippen LogP contribution in [0.5, 0.6) is 0 Å². The predicted molar refractivity (Wildman–Crippen MR) is 32.1 cm³/mol. The van der Waals surface area contributed by atoms with Gasteiger partial charge in [0.15, 0.2) is 0 Å². The Balaban J connectivity index is 3.26. The Labute approximate surface area is 85.2 Å². The highest BCUT2D eigenvalue weighted by atomic mass is 32.3. The van der Waals surface area contributed by atoms with Crippen molar-refractivity contribution in [3.05, 3.63) is 0 Å². The van der Waals surface area contributed by atoms with Crippen molar-refractivity contribution in [2.45, 2.75) is 12.2 Å². The van der Waals surface area contributed by atoms with Gasteiger partial charge in [-0.2, -0.15) is 42.8 Å². The van der Waals surface area contributed by atoms with Crippen LogP contribution in [-0.2, 0) is 37.8 Å². The average molecular weight is 292 g/mol. The molecule has 0 aromatic carbocycles.